The van der Waals surface area contributed by atoms with Gasteiger partial charge in [0.15, 0.2) is 12.4 Å². The van der Waals surface area contributed by atoms with Crippen molar-refractivity contribution in [3.05, 3.63) is 90.5 Å². The number of benzene rings is 3. The first-order valence-electron chi connectivity index (χ1n) is 8.06. The lowest BCUT2D eigenvalue weighted by Gasteiger charge is -2.12. The Hall–Kier alpha value is -3.60. The molecule has 3 aromatic rings. The molecule has 3 rings (SSSR count). The van der Waals surface area contributed by atoms with Crippen molar-refractivity contribution in [1.29, 1.82) is 0 Å². The van der Waals surface area contributed by atoms with Gasteiger partial charge in [0.2, 0.25) is 0 Å². The van der Waals surface area contributed by atoms with Gasteiger partial charge in [-0.25, -0.2) is 4.79 Å². The molecule has 0 fully saturated rings. The van der Waals surface area contributed by atoms with Crippen LogP contribution in [0.5, 0.6) is 11.5 Å². The number of hydrogen-bond donors (Lipinski definition) is 1. The fraction of sp³-hybridized carbons (Fsp3) is 0.0476. The van der Waals surface area contributed by atoms with E-state index >= 15 is 0 Å². The molecule has 0 atom stereocenters. The molecule has 3 aromatic carbocycles. The third-order valence-electron chi connectivity index (χ3n) is 3.48. The molecule has 0 unspecified atom stereocenters. The molecular weight excluding hydrogens is 330 g/mol. The van der Waals surface area contributed by atoms with Gasteiger partial charge in [0, 0.05) is 0 Å². The first-order chi connectivity index (χ1) is 12.7. The molecule has 0 bridgehead atoms. The highest BCUT2D eigenvalue weighted by molar-refractivity contribution is 5.96. The lowest BCUT2D eigenvalue weighted by Crippen LogP contribution is -2.21. The summed E-state index contributed by atoms with van der Waals surface area (Å²) in [6, 6.07) is 24.8. The summed E-state index contributed by atoms with van der Waals surface area (Å²) in [6.45, 7) is -0.382. The van der Waals surface area contributed by atoms with Crippen LogP contribution in [-0.2, 0) is 9.53 Å². The summed E-state index contributed by atoms with van der Waals surface area (Å²) in [6.07, 6.45) is 0. The maximum atomic E-state index is 12.1. The average Bonchev–Trinajstić information content (AvgIpc) is 2.69. The Morgan fingerprint density at radius 3 is 2.12 bits per heavy atom. The van der Waals surface area contributed by atoms with Crippen molar-refractivity contribution >= 4 is 17.6 Å². The Balaban J connectivity index is 1.60. The second-order valence-electron chi connectivity index (χ2n) is 5.40. The van der Waals surface area contributed by atoms with Crippen LogP contribution in [0.2, 0.25) is 0 Å². The van der Waals surface area contributed by atoms with Crippen LogP contribution in [0.25, 0.3) is 0 Å². The van der Waals surface area contributed by atoms with E-state index in [1.807, 2.05) is 36.4 Å². The molecule has 0 aliphatic rings. The molecule has 0 aliphatic heterocycles. The minimum atomic E-state index is -0.547. The molecule has 5 heteroatoms. The third-order valence-corrected chi connectivity index (χ3v) is 3.48. The zero-order valence-electron chi connectivity index (χ0n) is 13.9. The first kappa shape index (κ1) is 17.2. The summed E-state index contributed by atoms with van der Waals surface area (Å²) >= 11 is 0. The Bertz CT molecular complexity index is 879. The van der Waals surface area contributed by atoms with Gasteiger partial charge in [-0.2, -0.15) is 0 Å². The van der Waals surface area contributed by atoms with Crippen molar-refractivity contribution in [2.24, 2.45) is 0 Å². The zero-order chi connectivity index (χ0) is 18.2. The summed E-state index contributed by atoms with van der Waals surface area (Å²) in [7, 11) is 0. The van der Waals surface area contributed by atoms with Gasteiger partial charge in [-0.3, -0.25) is 4.79 Å². The van der Waals surface area contributed by atoms with E-state index in [0.29, 0.717) is 22.7 Å². The molecule has 1 N–H and O–H groups in total. The Morgan fingerprint density at radius 1 is 0.769 bits per heavy atom. The largest absolute Gasteiger partial charge is 0.455 e. The third kappa shape index (κ3) is 4.70. The SMILES string of the molecule is O=C(COC(=O)c1ccccc1)Nc1ccccc1Oc1ccccc1. The molecule has 0 spiro atoms. The Labute approximate surface area is 151 Å². The van der Waals surface area contributed by atoms with E-state index in [4.69, 9.17) is 9.47 Å². The fourth-order valence-corrected chi connectivity index (χ4v) is 2.25. The molecule has 0 radical (unpaired) electrons. The molecule has 0 saturated heterocycles. The van der Waals surface area contributed by atoms with Crippen LogP contribution >= 0.6 is 0 Å². The van der Waals surface area contributed by atoms with Gasteiger partial charge >= 0.3 is 5.97 Å². The number of hydrogen-bond acceptors (Lipinski definition) is 4. The highest BCUT2D eigenvalue weighted by atomic mass is 16.5. The maximum absolute atomic E-state index is 12.1. The summed E-state index contributed by atoms with van der Waals surface area (Å²) in [4.78, 5) is 24.0. The Kier molecular flexibility index (Phi) is 5.62. The van der Waals surface area contributed by atoms with Gasteiger partial charge in [0.25, 0.3) is 5.91 Å². The highest BCUT2D eigenvalue weighted by Gasteiger charge is 2.12. The molecular formula is C21H17NO4. The van der Waals surface area contributed by atoms with Crippen molar-refractivity contribution in [3.63, 3.8) is 0 Å². The average molecular weight is 347 g/mol. The standard InChI is InChI=1S/C21H17NO4/c23-20(15-25-21(24)16-9-3-1-4-10-16)22-18-13-7-8-14-19(18)26-17-11-5-2-6-12-17/h1-14H,15H2,(H,22,23). The highest BCUT2D eigenvalue weighted by Crippen LogP contribution is 2.28. The van der Waals surface area contributed by atoms with Gasteiger partial charge in [-0.1, -0.05) is 48.5 Å². The number of anilines is 1. The van der Waals surface area contributed by atoms with Crippen LogP contribution in [0.15, 0.2) is 84.9 Å². The van der Waals surface area contributed by atoms with Gasteiger partial charge in [-0.15, -0.1) is 0 Å². The van der Waals surface area contributed by atoms with Gasteiger partial charge in [0.05, 0.1) is 11.3 Å². The number of rotatable bonds is 6. The first-order valence-corrected chi connectivity index (χ1v) is 8.06. The monoisotopic (exact) mass is 347 g/mol. The van der Waals surface area contributed by atoms with Crippen molar-refractivity contribution in [3.8, 4) is 11.5 Å². The van der Waals surface area contributed by atoms with E-state index in [2.05, 4.69) is 5.32 Å². The quantitative estimate of drug-likeness (QED) is 0.676. The molecule has 26 heavy (non-hydrogen) atoms. The molecule has 0 saturated carbocycles. The molecule has 5 nitrogen and oxygen atoms in total. The second kappa shape index (κ2) is 8.48. The number of carbonyl (C=O) groups excluding carboxylic acids is 2. The number of para-hydroxylation sites is 3. The normalized spacial score (nSPS) is 10.0. The van der Waals surface area contributed by atoms with Crippen LogP contribution in [-0.4, -0.2) is 18.5 Å². The van der Waals surface area contributed by atoms with Crippen LogP contribution in [0.3, 0.4) is 0 Å². The minimum absolute atomic E-state index is 0.382. The van der Waals surface area contributed by atoms with Crippen molar-refractivity contribution in [2.45, 2.75) is 0 Å². The second-order valence-corrected chi connectivity index (χ2v) is 5.40. The predicted octanol–water partition coefficient (Wildman–Crippen LogP) is 4.27. The topological polar surface area (TPSA) is 64.6 Å². The zero-order valence-corrected chi connectivity index (χ0v) is 13.9. The molecule has 0 aliphatic carbocycles. The van der Waals surface area contributed by atoms with Crippen molar-refractivity contribution in [1.82, 2.24) is 0 Å². The van der Waals surface area contributed by atoms with Crippen LogP contribution in [0.1, 0.15) is 10.4 Å². The molecule has 130 valence electrons. The van der Waals surface area contributed by atoms with E-state index < -0.39 is 11.9 Å². The predicted molar refractivity (Wildman–Crippen MR) is 98.3 cm³/mol. The maximum Gasteiger partial charge on any atom is 0.338 e. The summed E-state index contributed by atoms with van der Waals surface area (Å²) < 4.78 is 10.8. The minimum Gasteiger partial charge on any atom is -0.455 e. The molecule has 0 heterocycles. The van der Waals surface area contributed by atoms with Crippen LogP contribution in [0.4, 0.5) is 5.69 Å². The Morgan fingerprint density at radius 2 is 1.38 bits per heavy atom. The van der Waals surface area contributed by atoms with Gasteiger partial charge < -0.3 is 14.8 Å². The summed E-state index contributed by atoms with van der Waals surface area (Å²) in [5.74, 6) is 0.166. The van der Waals surface area contributed by atoms with Crippen molar-refractivity contribution < 1.29 is 19.1 Å². The lowest BCUT2D eigenvalue weighted by atomic mass is 10.2. The van der Waals surface area contributed by atoms with Gasteiger partial charge in [-0.05, 0) is 36.4 Å². The van der Waals surface area contributed by atoms with Crippen molar-refractivity contribution in [2.75, 3.05) is 11.9 Å². The van der Waals surface area contributed by atoms with E-state index in [-0.39, 0.29) is 6.61 Å². The molecule has 0 aromatic heterocycles. The van der Waals surface area contributed by atoms with Gasteiger partial charge in [0.1, 0.15) is 5.75 Å². The lowest BCUT2D eigenvalue weighted by molar-refractivity contribution is -0.119. The van der Waals surface area contributed by atoms with E-state index in [0.717, 1.165) is 0 Å². The number of nitrogens with one attached hydrogen (secondary N) is 1. The van der Waals surface area contributed by atoms with E-state index in [1.54, 1.807) is 48.5 Å². The number of esters is 1. The number of amides is 1. The smallest absolute Gasteiger partial charge is 0.338 e. The van der Waals surface area contributed by atoms with E-state index in [1.165, 1.54) is 0 Å². The van der Waals surface area contributed by atoms with Crippen LogP contribution < -0.4 is 10.1 Å². The summed E-state index contributed by atoms with van der Waals surface area (Å²) in [5, 5.41) is 2.70. The number of carbonyl (C=O) groups is 2. The summed E-state index contributed by atoms with van der Waals surface area (Å²) in [5.41, 5.74) is 0.894. The van der Waals surface area contributed by atoms with E-state index in [9.17, 15) is 9.59 Å². The number of ether oxygens (including phenoxy) is 2. The molecule has 1 amide bonds. The fourth-order valence-electron chi connectivity index (χ4n) is 2.25. The van der Waals surface area contributed by atoms with Crippen LogP contribution in [0, 0.1) is 0 Å².